The Hall–Kier alpha value is -2.30. The number of H-pyrrole nitrogens is 1. The van der Waals surface area contributed by atoms with E-state index >= 15 is 0 Å². The van der Waals surface area contributed by atoms with Crippen LogP contribution in [0.4, 0.5) is 0 Å². The maximum absolute atomic E-state index is 12.3. The molecule has 1 aromatic heterocycles. The van der Waals surface area contributed by atoms with Gasteiger partial charge < -0.3 is 10.1 Å². The number of hydrogen-bond acceptors (Lipinski definition) is 3. The van der Waals surface area contributed by atoms with E-state index < -0.39 is 0 Å². The summed E-state index contributed by atoms with van der Waals surface area (Å²) < 4.78 is 5.21. The highest BCUT2D eigenvalue weighted by Gasteiger charge is 2.17. The molecular formula is C16H21N3O2. The highest BCUT2D eigenvalue weighted by atomic mass is 16.5. The monoisotopic (exact) mass is 287 g/mol. The quantitative estimate of drug-likeness (QED) is 0.908. The molecule has 0 unspecified atom stereocenters. The highest BCUT2D eigenvalue weighted by Crippen LogP contribution is 2.21. The smallest absolute Gasteiger partial charge is 0.251 e. The van der Waals surface area contributed by atoms with Gasteiger partial charge in [0.1, 0.15) is 5.75 Å². The fourth-order valence-electron chi connectivity index (χ4n) is 2.57. The number of amides is 1. The van der Waals surface area contributed by atoms with Crippen LogP contribution < -0.4 is 10.1 Å². The van der Waals surface area contributed by atoms with Crippen molar-refractivity contribution in [3.05, 3.63) is 46.3 Å². The third-order valence-corrected chi connectivity index (χ3v) is 3.62. The van der Waals surface area contributed by atoms with Gasteiger partial charge in [-0.25, -0.2) is 0 Å². The minimum Gasteiger partial charge on any atom is -0.496 e. The van der Waals surface area contributed by atoms with E-state index in [9.17, 15) is 4.79 Å². The van der Waals surface area contributed by atoms with Gasteiger partial charge in [-0.15, -0.1) is 0 Å². The van der Waals surface area contributed by atoms with E-state index in [4.69, 9.17) is 4.74 Å². The second-order valence-electron chi connectivity index (χ2n) is 5.23. The Bertz CT molecular complexity index is 642. The van der Waals surface area contributed by atoms with Crippen LogP contribution in [0.25, 0.3) is 0 Å². The molecule has 0 fully saturated rings. The lowest BCUT2D eigenvalue weighted by Gasteiger charge is -2.15. The van der Waals surface area contributed by atoms with Crippen molar-refractivity contribution in [2.24, 2.45) is 0 Å². The van der Waals surface area contributed by atoms with Gasteiger partial charge in [-0.05, 0) is 51.5 Å². The molecule has 2 N–H and O–H groups in total. The zero-order chi connectivity index (χ0) is 15.6. The maximum atomic E-state index is 12.3. The number of nitrogens with one attached hydrogen (secondary N) is 2. The number of benzene rings is 1. The summed E-state index contributed by atoms with van der Waals surface area (Å²) in [6.45, 7) is 7.76. The van der Waals surface area contributed by atoms with Crippen molar-refractivity contribution in [1.82, 2.24) is 15.5 Å². The normalized spacial score (nSPS) is 12.0. The summed E-state index contributed by atoms with van der Waals surface area (Å²) >= 11 is 0. The number of aromatic amines is 1. The Kier molecular flexibility index (Phi) is 4.31. The van der Waals surface area contributed by atoms with E-state index in [1.54, 1.807) is 13.2 Å². The summed E-state index contributed by atoms with van der Waals surface area (Å²) in [6, 6.07) is 5.31. The first-order chi connectivity index (χ1) is 9.93. The van der Waals surface area contributed by atoms with Crippen LogP contribution in [-0.2, 0) is 0 Å². The summed E-state index contributed by atoms with van der Waals surface area (Å²) in [7, 11) is 1.62. The third kappa shape index (κ3) is 3.07. The molecule has 1 atom stereocenters. The van der Waals surface area contributed by atoms with Crippen LogP contribution in [0.15, 0.2) is 18.2 Å². The molecule has 112 valence electrons. The van der Waals surface area contributed by atoms with Crippen molar-refractivity contribution < 1.29 is 9.53 Å². The van der Waals surface area contributed by atoms with Gasteiger partial charge in [-0.1, -0.05) is 0 Å². The average molecular weight is 287 g/mol. The molecule has 0 spiro atoms. The maximum Gasteiger partial charge on any atom is 0.251 e. The van der Waals surface area contributed by atoms with Gasteiger partial charge in [0.05, 0.1) is 18.8 Å². The molecule has 1 amide bonds. The SMILES string of the molecule is COc1ccc(C(=O)N[C@@H](C)c2c(C)n[nH]c2C)cc1C. The van der Waals surface area contributed by atoms with E-state index in [1.165, 1.54) is 0 Å². The minimum atomic E-state index is -0.103. The summed E-state index contributed by atoms with van der Waals surface area (Å²) in [5.41, 5.74) is 4.48. The van der Waals surface area contributed by atoms with Crippen LogP contribution in [0.1, 0.15) is 45.8 Å². The van der Waals surface area contributed by atoms with Gasteiger partial charge >= 0.3 is 0 Å². The Morgan fingerprint density at radius 1 is 1.33 bits per heavy atom. The molecule has 0 bridgehead atoms. The highest BCUT2D eigenvalue weighted by molar-refractivity contribution is 5.94. The zero-order valence-electron chi connectivity index (χ0n) is 13.1. The lowest BCUT2D eigenvalue weighted by molar-refractivity contribution is 0.0939. The number of rotatable bonds is 4. The Labute approximate surface area is 124 Å². The molecule has 0 aliphatic rings. The number of methoxy groups -OCH3 is 1. The van der Waals surface area contributed by atoms with Gasteiger partial charge in [0.15, 0.2) is 0 Å². The molecule has 0 aliphatic heterocycles. The number of hydrogen-bond donors (Lipinski definition) is 2. The molecule has 1 heterocycles. The molecular weight excluding hydrogens is 266 g/mol. The molecule has 0 saturated heterocycles. The summed E-state index contributed by atoms with van der Waals surface area (Å²) in [6.07, 6.45) is 0. The summed E-state index contributed by atoms with van der Waals surface area (Å²) in [5.74, 6) is 0.675. The van der Waals surface area contributed by atoms with Crippen LogP contribution in [0.3, 0.4) is 0 Å². The molecule has 0 saturated carbocycles. The van der Waals surface area contributed by atoms with E-state index in [2.05, 4.69) is 15.5 Å². The molecule has 5 nitrogen and oxygen atoms in total. The Balaban J connectivity index is 2.16. The Morgan fingerprint density at radius 3 is 2.57 bits per heavy atom. The van der Waals surface area contributed by atoms with Crippen molar-refractivity contribution in [3.8, 4) is 5.75 Å². The number of carbonyl (C=O) groups is 1. The van der Waals surface area contributed by atoms with Crippen LogP contribution in [0, 0.1) is 20.8 Å². The topological polar surface area (TPSA) is 67.0 Å². The van der Waals surface area contributed by atoms with E-state index in [0.717, 1.165) is 28.3 Å². The van der Waals surface area contributed by atoms with Crippen LogP contribution in [0.5, 0.6) is 5.75 Å². The van der Waals surface area contributed by atoms with Crippen molar-refractivity contribution >= 4 is 5.91 Å². The zero-order valence-corrected chi connectivity index (χ0v) is 13.1. The molecule has 2 aromatic rings. The number of ether oxygens (including phenoxy) is 1. The number of aryl methyl sites for hydroxylation is 3. The Morgan fingerprint density at radius 2 is 2.05 bits per heavy atom. The van der Waals surface area contributed by atoms with Crippen LogP contribution in [0.2, 0.25) is 0 Å². The average Bonchev–Trinajstić information content (AvgIpc) is 2.77. The standard InChI is InChI=1S/C16H21N3O2/c1-9-8-13(6-7-14(9)21-5)16(20)17-10(2)15-11(3)18-19-12(15)4/h6-8,10H,1-5H3,(H,17,20)(H,18,19)/t10-/m0/s1. The second-order valence-corrected chi connectivity index (χ2v) is 5.23. The minimum absolute atomic E-state index is 0.0985. The van der Waals surface area contributed by atoms with Gasteiger partial charge in [-0.2, -0.15) is 5.10 Å². The largest absolute Gasteiger partial charge is 0.496 e. The number of nitrogens with zero attached hydrogens (tertiary/aromatic N) is 1. The second kappa shape index (κ2) is 5.99. The summed E-state index contributed by atoms with van der Waals surface area (Å²) in [5, 5.41) is 10.1. The van der Waals surface area contributed by atoms with Crippen molar-refractivity contribution in [3.63, 3.8) is 0 Å². The first-order valence-electron chi connectivity index (χ1n) is 6.91. The van der Waals surface area contributed by atoms with Gasteiger partial charge in [0, 0.05) is 16.8 Å². The van der Waals surface area contributed by atoms with E-state index in [1.807, 2.05) is 39.8 Å². The number of carbonyl (C=O) groups excluding carboxylic acids is 1. The molecule has 0 radical (unpaired) electrons. The van der Waals surface area contributed by atoms with Crippen molar-refractivity contribution in [2.45, 2.75) is 33.7 Å². The van der Waals surface area contributed by atoms with Crippen LogP contribution in [-0.4, -0.2) is 23.2 Å². The first-order valence-corrected chi connectivity index (χ1v) is 6.91. The predicted molar refractivity (Wildman–Crippen MR) is 81.7 cm³/mol. The molecule has 1 aromatic carbocycles. The van der Waals surface area contributed by atoms with Gasteiger partial charge in [0.25, 0.3) is 5.91 Å². The van der Waals surface area contributed by atoms with Gasteiger partial charge in [0.2, 0.25) is 0 Å². The lowest BCUT2D eigenvalue weighted by Crippen LogP contribution is -2.27. The fourth-order valence-corrected chi connectivity index (χ4v) is 2.57. The lowest BCUT2D eigenvalue weighted by atomic mass is 10.1. The summed E-state index contributed by atoms with van der Waals surface area (Å²) in [4.78, 5) is 12.3. The fraction of sp³-hybridized carbons (Fsp3) is 0.375. The van der Waals surface area contributed by atoms with Crippen LogP contribution >= 0.6 is 0 Å². The number of aromatic nitrogens is 2. The third-order valence-electron chi connectivity index (χ3n) is 3.62. The van der Waals surface area contributed by atoms with Crippen molar-refractivity contribution in [1.29, 1.82) is 0 Å². The van der Waals surface area contributed by atoms with E-state index in [0.29, 0.717) is 5.56 Å². The molecule has 2 rings (SSSR count). The molecule has 21 heavy (non-hydrogen) atoms. The van der Waals surface area contributed by atoms with E-state index in [-0.39, 0.29) is 11.9 Å². The van der Waals surface area contributed by atoms with Gasteiger partial charge in [-0.3, -0.25) is 9.89 Å². The predicted octanol–water partition coefficient (Wildman–Crippen LogP) is 2.83. The van der Waals surface area contributed by atoms with Crippen molar-refractivity contribution in [2.75, 3.05) is 7.11 Å². The molecule has 5 heteroatoms. The first kappa shape index (κ1) is 15.1. The molecule has 0 aliphatic carbocycles.